The summed E-state index contributed by atoms with van der Waals surface area (Å²) >= 11 is 0. The third-order valence-corrected chi connectivity index (χ3v) is 4.04. The highest BCUT2D eigenvalue weighted by Crippen LogP contribution is 2.10. The van der Waals surface area contributed by atoms with E-state index in [1.165, 1.54) is 57.8 Å². The molecule has 0 saturated carbocycles. The lowest BCUT2D eigenvalue weighted by Crippen LogP contribution is -2.22. The molecule has 2 unspecified atom stereocenters. The molecule has 0 aromatic carbocycles. The average molecular weight is 317 g/mol. The molecule has 0 aromatic rings. The molecule has 0 aliphatic heterocycles. The van der Waals surface area contributed by atoms with Crippen LogP contribution in [0.3, 0.4) is 0 Å². The van der Waals surface area contributed by atoms with Gasteiger partial charge in [-0.25, -0.2) is 0 Å². The van der Waals surface area contributed by atoms with Crippen molar-refractivity contribution in [1.29, 1.82) is 0 Å². The number of aliphatic hydroxyl groups is 1. The maximum Gasteiger partial charge on any atom is 0.0781 e. The van der Waals surface area contributed by atoms with E-state index in [1.807, 2.05) is 13.8 Å². The molecule has 0 radical (unpaired) electrons. The molecule has 2 atom stereocenters. The van der Waals surface area contributed by atoms with E-state index in [0.717, 1.165) is 19.4 Å². The predicted octanol–water partition coefficient (Wildman–Crippen LogP) is 5.10. The van der Waals surface area contributed by atoms with Crippen molar-refractivity contribution in [2.24, 2.45) is 0 Å². The van der Waals surface area contributed by atoms with Crippen LogP contribution in [0.5, 0.6) is 0 Å². The first-order valence-electron chi connectivity index (χ1n) is 9.58. The third-order valence-electron chi connectivity index (χ3n) is 4.04. The molecule has 0 rings (SSSR count). The van der Waals surface area contributed by atoms with E-state index < -0.39 is 0 Å². The summed E-state index contributed by atoms with van der Waals surface area (Å²) in [6, 6.07) is 0. The summed E-state index contributed by atoms with van der Waals surface area (Å²) in [7, 11) is 0. The fourth-order valence-corrected chi connectivity index (χ4v) is 2.38. The zero-order valence-electron chi connectivity index (χ0n) is 15.3. The Bertz CT molecular complexity index is 209. The first kappa shape index (κ1) is 21.9. The van der Waals surface area contributed by atoms with Crippen molar-refractivity contribution in [1.82, 2.24) is 0 Å². The third kappa shape index (κ3) is 16.3. The van der Waals surface area contributed by atoms with Crippen LogP contribution in [0, 0.1) is 0 Å². The monoisotopic (exact) mass is 316 g/mol. The molecule has 0 bridgehead atoms. The van der Waals surface area contributed by atoms with Crippen molar-refractivity contribution in [3.63, 3.8) is 0 Å². The van der Waals surface area contributed by atoms with Gasteiger partial charge in [0, 0.05) is 6.61 Å². The molecule has 0 fully saturated rings. The predicted molar refractivity (Wildman–Crippen MR) is 94.4 cm³/mol. The molecule has 1 N–H and O–H groups in total. The van der Waals surface area contributed by atoms with E-state index in [2.05, 4.69) is 6.92 Å². The summed E-state index contributed by atoms with van der Waals surface area (Å²) in [5.41, 5.74) is 0. The van der Waals surface area contributed by atoms with Crippen LogP contribution in [0.15, 0.2) is 0 Å². The van der Waals surface area contributed by atoms with Crippen LogP contribution in [-0.4, -0.2) is 37.1 Å². The number of hydrogen-bond acceptors (Lipinski definition) is 3. The summed E-state index contributed by atoms with van der Waals surface area (Å²) in [6.07, 6.45) is 14.0. The number of unbranched alkanes of at least 4 members (excludes halogenated alkanes) is 9. The van der Waals surface area contributed by atoms with Crippen molar-refractivity contribution >= 4 is 0 Å². The second-order valence-electron chi connectivity index (χ2n) is 6.46. The van der Waals surface area contributed by atoms with Crippen molar-refractivity contribution in [3.05, 3.63) is 0 Å². The first-order valence-corrected chi connectivity index (χ1v) is 9.58. The highest BCUT2D eigenvalue weighted by atomic mass is 16.5. The molecular weight excluding hydrogens is 276 g/mol. The molecule has 0 aliphatic carbocycles. The van der Waals surface area contributed by atoms with Crippen molar-refractivity contribution < 1.29 is 14.6 Å². The lowest BCUT2D eigenvalue weighted by Gasteiger charge is -2.15. The Morgan fingerprint density at radius 2 is 1.32 bits per heavy atom. The van der Waals surface area contributed by atoms with Gasteiger partial charge >= 0.3 is 0 Å². The van der Waals surface area contributed by atoms with Gasteiger partial charge in [0.1, 0.15) is 0 Å². The highest BCUT2D eigenvalue weighted by molar-refractivity contribution is 4.53. The Morgan fingerprint density at radius 3 is 1.86 bits per heavy atom. The Balaban J connectivity index is 3.13. The topological polar surface area (TPSA) is 38.7 Å². The van der Waals surface area contributed by atoms with E-state index in [4.69, 9.17) is 9.47 Å². The fraction of sp³-hybridized carbons (Fsp3) is 1.00. The van der Waals surface area contributed by atoms with E-state index in [-0.39, 0.29) is 12.2 Å². The zero-order valence-corrected chi connectivity index (χ0v) is 15.3. The molecular formula is C19H40O3. The fourth-order valence-electron chi connectivity index (χ4n) is 2.38. The SMILES string of the molecule is CCCCCCCCCCCCOCC(C)OCC(O)CC. The summed E-state index contributed by atoms with van der Waals surface area (Å²) in [4.78, 5) is 0. The lowest BCUT2D eigenvalue weighted by molar-refractivity contribution is -0.0415. The number of rotatable bonds is 17. The molecule has 0 amide bonds. The Labute approximate surface area is 138 Å². The smallest absolute Gasteiger partial charge is 0.0781 e. The largest absolute Gasteiger partial charge is 0.391 e. The van der Waals surface area contributed by atoms with Crippen LogP contribution < -0.4 is 0 Å². The van der Waals surface area contributed by atoms with Gasteiger partial charge in [0.15, 0.2) is 0 Å². The molecule has 3 heteroatoms. The van der Waals surface area contributed by atoms with Gasteiger partial charge in [-0.1, -0.05) is 71.6 Å². The van der Waals surface area contributed by atoms with Crippen LogP contribution in [0.2, 0.25) is 0 Å². The highest BCUT2D eigenvalue weighted by Gasteiger charge is 2.06. The van der Waals surface area contributed by atoms with Gasteiger partial charge in [-0.05, 0) is 19.8 Å². The minimum atomic E-state index is -0.343. The maximum atomic E-state index is 9.41. The lowest BCUT2D eigenvalue weighted by atomic mass is 10.1. The van der Waals surface area contributed by atoms with E-state index >= 15 is 0 Å². The molecule has 0 aliphatic rings. The summed E-state index contributed by atoms with van der Waals surface area (Å²) in [5, 5.41) is 9.41. The molecule has 0 aromatic heterocycles. The van der Waals surface area contributed by atoms with Gasteiger partial charge in [-0.3, -0.25) is 0 Å². The van der Waals surface area contributed by atoms with Gasteiger partial charge in [0.25, 0.3) is 0 Å². The summed E-state index contributed by atoms with van der Waals surface area (Å²) < 4.78 is 11.1. The first-order chi connectivity index (χ1) is 10.7. The Hall–Kier alpha value is -0.120. The number of aliphatic hydroxyl groups excluding tert-OH is 1. The second-order valence-corrected chi connectivity index (χ2v) is 6.46. The van der Waals surface area contributed by atoms with Crippen LogP contribution in [0.4, 0.5) is 0 Å². The summed E-state index contributed by atoms with van der Waals surface area (Å²) in [6.45, 7) is 8.11. The van der Waals surface area contributed by atoms with E-state index in [1.54, 1.807) is 0 Å². The van der Waals surface area contributed by atoms with Crippen LogP contribution >= 0.6 is 0 Å². The van der Waals surface area contributed by atoms with Crippen LogP contribution in [-0.2, 0) is 9.47 Å². The van der Waals surface area contributed by atoms with Crippen molar-refractivity contribution in [2.75, 3.05) is 19.8 Å². The number of ether oxygens (including phenoxy) is 2. The number of hydrogen-bond donors (Lipinski definition) is 1. The van der Waals surface area contributed by atoms with E-state index in [9.17, 15) is 5.11 Å². The summed E-state index contributed by atoms with van der Waals surface area (Å²) in [5.74, 6) is 0. The van der Waals surface area contributed by atoms with Crippen LogP contribution in [0.1, 0.15) is 91.4 Å². The molecule has 134 valence electrons. The van der Waals surface area contributed by atoms with Gasteiger partial charge in [0.2, 0.25) is 0 Å². The Morgan fingerprint density at radius 1 is 0.773 bits per heavy atom. The quantitative estimate of drug-likeness (QED) is 0.379. The van der Waals surface area contributed by atoms with Gasteiger partial charge in [-0.15, -0.1) is 0 Å². The molecule has 0 spiro atoms. The molecule has 22 heavy (non-hydrogen) atoms. The average Bonchev–Trinajstić information content (AvgIpc) is 2.53. The maximum absolute atomic E-state index is 9.41. The Kier molecular flexibility index (Phi) is 17.1. The minimum Gasteiger partial charge on any atom is -0.391 e. The normalized spacial score (nSPS) is 14.2. The van der Waals surface area contributed by atoms with Gasteiger partial charge in [-0.2, -0.15) is 0 Å². The molecule has 3 nitrogen and oxygen atoms in total. The van der Waals surface area contributed by atoms with Crippen LogP contribution in [0.25, 0.3) is 0 Å². The van der Waals surface area contributed by atoms with Crippen molar-refractivity contribution in [3.8, 4) is 0 Å². The molecule has 0 saturated heterocycles. The zero-order chi connectivity index (χ0) is 16.5. The molecule has 0 heterocycles. The van der Waals surface area contributed by atoms with Gasteiger partial charge in [0.05, 0.1) is 25.4 Å². The minimum absolute atomic E-state index is 0.0734. The second kappa shape index (κ2) is 17.2. The van der Waals surface area contributed by atoms with Crippen molar-refractivity contribution in [2.45, 2.75) is 104 Å². The standard InChI is InChI=1S/C19H40O3/c1-4-6-7-8-9-10-11-12-13-14-15-21-16-18(3)22-17-19(20)5-2/h18-20H,4-17H2,1-3H3. The van der Waals surface area contributed by atoms with Gasteiger partial charge < -0.3 is 14.6 Å². The van der Waals surface area contributed by atoms with E-state index in [0.29, 0.717) is 13.2 Å².